The number of aromatic nitrogens is 4. The molecule has 0 saturated carbocycles. The van der Waals surface area contributed by atoms with Crippen molar-refractivity contribution < 1.29 is 9.59 Å². The summed E-state index contributed by atoms with van der Waals surface area (Å²) in [5.41, 5.74) is 5.72. The van der Waals surface area contributed by atoms with Crippen molar-refractivity contribution in [2.75, 3.05) is 14.1 Å². The van der Waals surface area contributed by atoms with Gasteiger partial charge in [-0.3, -0.25) is 14.6 Å². The van der Waals surface area contributed by atoms with Crippen molar-refractivity contribution in [3.63, 3.8) is 0 Å². The minimum Gasteiger partial charge on any atom is -0.350 e. The van der Waals surface area contributed by atoms with Gasteiger partial charge in [-0.15, -0.1) is 0 Å². The molecule has 2 aromatic carbocycles. The number of rotatable bonds is 5. The molecule has 0 fully saturated rings. The first-order valence-electron chi connectivity index (χ1n) is 10.7. The second kappa shape index (κ2) is 8.02. The van der Waals surface area contributed by atoms with Gasteiger partial charge in [0.15, 0.2) is 5.78 Å². The van der Waals surface area contributed by atoms with Crippen molar-refractivity contribution in [1.29, 1.82) is 0 Å². The van der Waals surface area contributed by atoms with Crippen molar-refractivity contribution >= 4 is 33.6 Å². The molecule has 3 heterocycles. The van der Waals surface area contributed by atoms with Crippen LogP contribution in [-0.2, 0) is 6.42 Å². The number of para-hydroxylation sites is 1. The largest absolute Gasteiger partial charge is 0.350 e. The molecule has 0 unspecified atom stereocenters. The number of carbonyl (C=O) groups excluding carboxylic acids is 2. The fourth-order valence-corrected chi connectivity index (χ4v) is 4.12. The lowest BCUT2D eigenvalue weighted by atomic mass is 9.98. The van der Waals surface area contributed by atoms with E-state index in [-0.39, 0.29) is 11.7 Å². The predicted molar refractivity (Wildman–Crippen MR) is 128 cm³/mol. The van der Waals surface area contributed by atoms with Crippen LogP contribution in [0.15, 0.2) is 60.8 Å². The molecule has 1 amide bonds. The van der Waals surface area contributed by atoms with E-state index in [0.717, 1.165) is 39.0 Å². The molecule has 0 aliphatic carbocycles. The first kappa shape index (κ1) is 20.6. The quantitative estimate of drug-likeness (QED) is 0.402. The van der Waals surface area contributed by atoms with Gasteiger partial charge in [-0.05, 0) is 24.6 Å². The zero-order valence-electron chi connectivity index (χ0n) is 18.6. The Morgan fingerprint density at radius 2 is 1.70 bits per heavy atom. The van der Waals surface area contributed by atoms with Crippen LogP contribution in [0.3, 0.4) is 0 Å². The number of nitrogens with one attached hydrogen (secondary N) is 2. The standard InChI is InChI=1S/C26H23N5O2/c1-15-28-20-12-13-27-21(23(20)29-15)14-16-8-10-17(11-9-16)25(32)22-18-6-4-5-7-19(18)30-24(22)26(33)31(2)3/h4-13,30H,14H2,1-3H3,(H,28,29). The minimum atomic E-state index is -0.236. The lowest BCUT2D eigenvalue weighted by molar-refractivity contribution is 0.0817. The average molecular weight is 438 g/mol. The van der Waals surface area contributed by atoms with E-state index in [1.807, 2.05) is 49.4 Å². The Kier molecular flexibility index (Phi) is 5.01. The lowest BCUT2D eigenvalue weighted by Crippen LogP contribution is -2.24. The number of pyridine rings is 1. The maximum absolute atomic E-state index is 13.5. The molecule has 164 valence electrons. The Morgan fingerprint density at radius 3 is 2.45 bits per heavy atom. The molecule has 0 bridgehead atoms. The van der Waals surface area contributed by atoms with E-state index in [9.17, 15) is 9.59 Å². The van der Waals surface area contributed by atoms with Crippen molar-refractivity contribution in [3.8, 4) is 0 Å². The average Bonchev–Trinajstić information content (AvgIpc) is 3.39. The number of aromatic amines is 2. The third-order valence-corrected chi connectivity index (χ3v) is 5.74. The Hall–Kier alpha value is -4.26. The third-order valence-electron chi connectivity index (χ3n) is 5.74. The number of ketones is 1. The second-order valence-corrected chi connectivity index (χ2v) is 8.30. The minimum absolute atomic E-state index is 0.188. The highest BCUT2D eigenvalue weighted by Crippen LogP contribution is 2.26. The summed E-state index contributed by atoms with van der Waals surface area (Å²) < 4.78 is 0. The molecule has 7 heteroatoms. The van der Waals surface area contributed by atoms with Gasteiger partial charge in [-0.1, -0.05) is 42.5 Å². The number of benzene rings is 2. The Balaban J connectivity index is 1.49. The first-order chi connectivity index (χ1) is 15.9. The van der Waals surface area contributed by atoms with Gasteiger partial charge in [0, 0.05) is 43.2 Å². The topological polar surface area (TPSA) is 94.7 Å². The zero-order chi connectivity index (χ0) is 23.1. The molecule has 0 atom stereocenters. The summed E-state index contributed by atoms with van der Waals surface area (Å²) in [5, 5.41) is 0.738. The van der Waals surface area contributed by atoms with Gasteiger partial charge in [0.1, 0.15) is 17.0 Å². The van der Waals surface area contributed by atoms with E-state index in [0.29, 0.717) is 23.2 Å². The highest BCUT2D eigenvalue weighted by Gasteiger charge is 2.25. The Bertz CT molecular complexity index is 1510. The number of carbonyl (C=O) groups is 2. The molecule has 3 aromatic heterocycles. The van der Waals surface area contributed by atoms with E-state index in [1.165, 1.54) is 4.90 Å². The van der Waals surface area contributed by atoms with Gasteiger partial charge in [-0.2, -0.15) is 0 Å². The zero-order valence-corrected chi connectivity index (χ0v) is 18.6. The second-order valence-electron chi connectivity index (χ2n) is 8.30. The van der Waals surface area contributed by atoms with Crippen molar-refractivity contribution in [1.82, 2.24) is 24.8 Å². The van der Waals surface area contributed by atoms with Crippen LogP contribution in [-0.4, -0.2) is 50.6 Å². The van der Waals surface area contributed by atoms with Crippen LogP contribution in [0.2, 0.25) is 0 Å². The molecule has 33 heavy (non-hydrogen) atoms. The maximum atomic E-state index is 13.5. The summed E-state index contributed by atoms with van der Waals surface area (Å²) in [7, 11) is 3.35. The van der Waals surface area contributed by atoms with Crippen LogP contribution in [0.5, 0.6) is 0 Å². The van der Waals surface area contributed by atoms with Gasteiger partial charge >= 0.3 is 0 Å². The summed E-state index contributed by atoms with van der Waals surface area (Å²) in [4.78, 5) is 43.1. The van der Waals surface area contributed by atoms with Gasteiger partial charge in [-0.25, -0.2) is 4.98 Å². The molecule has 5 aromatic rings. The van der Waals surface area contributed by atoms with E-state index >= 15 is 0 Å². The third kappa shape index (κ3) is 3.67. The van der Waals surface area contributed by atoms with Gasteiger partial charge in [0.2, 0.25) is 0 Å². The van der Waals surface area contributed by atoms with E-state index in [4.69, 9.17) is 0 Å². The number of amides is 1. The van der Waals surface area contributed by atoms with Crippen molar-refractivity contribution in [2.45, 2.75) is 13.3 Å². The molecule has 2 N–H and O–H groups in total. The Labute approximate surface area is 190 Å². The van der Waals surface area contributed by atoms with Crippen LogP contribution in [0.4, 0.5) is 0 Å². The summed E-state index contributed by atoms with van der Waals surface area (Å²) >= 11 is 0. The maximum Gasteiger partial charge on any atom is 0.270 e. The van der Waals surface area contributed by atoms with E-state index < -0.39 is 0 Å². The van der Waals surface area contributed by atoms with Crippen LogP contribution >= 0.6 is 0 Å². The van der Waals surface area contributed by atoms with Gasteiger partial charge < -0.3 is 14.9 Å². The number of imidazole rings is 1. The molecule has 5 rings (SSSR count). The van der Waals surface area contributed by atoms with E-state index in [1.54, 1.807) is 32.4 Å². The molecule has 0 aliphatic heterocycles. The highest BCUT2D eigenvalue weighted by molar-refractivity contribution is 6.21. The molecular formula is C26H23N5O2. The fourth-order valence-electron chi connectivity index (χ4n) is 4.12. The number of H-pyrrole nitrogens is 2. The smallest absolute Gasteiger partial charge is 0.270 e. The molecule has 7 nitrogen and oxygen atoms in total. The number of hydrogen-bond donors (Lipinski definition) is 2. The monoisotopic (exact) mass is 437 g/mol. The summed E-state index contributed by atoms with van der Waals surface area (Å²) in [6.07, 6.45) is 2.38. The Morgan fingerprint density at radius 1 is 0.939 bits per heavy atom. The predicted octanol–water partition coefficient (Wildman–Crippen LogP) is 4.27. The van der Waals surface area contributed by atoms with E-state index in [2.05, 4.69) is 19.9 Å². The molecule has 0 spiro atoms. The van der Waals surface area contributed by atoms with Crippen LogP contribution in [0.25, 0.3) is 21.9 Å². The molecular weight excluding hydrogens is 414 g/mol. The fraction of sp³-hybridized carbons (Fsp3) is 0.154. The van der Waals surface area contributed by atoms with Crippen LogP contribution in [0, 0.1) is 6.92 Å². The van der Waals surface area contributed by atoms with Crippen molar-refractivity contribution in [2.24, 2.45) is 0 Å². The normalized spacial score (nSPS) is 11.2. The molecule has 0 radical (unpaired) electrons. The summed E-state index contributed by atoms with van der Waals surface area (Å²) in [6, 6.07) is 16.8. The van der Waals surface area contributed by atoms with Gasteiger partial charge in [0.05, 0.1) is 16.8 Å². The summed E-state index contributed by atoms with van der Waals surface area (Å²) in [5.74, 6) is 0.425. The lowest BCUT2D eigenvalue weighted by Gasteiger charge is -2.11. The van der Waals surface area contributed by atoms with Crippen LogP contribution < -0.4 is 0 Å². The highest BCUT2D eigenvalue weighted by atomic mass is 16.2. The number of fused-ring (bicyclic) bond motifs is 2. The van der Waals surface area contributed by atoms with Gasteiger partial charge in [0.25, 0.3) is 5.91 Å². The number of nitrogens with zero attached hydrogens (tertiary/aromatic N) is 3. The molecule has 0 saturated heterocycles. The first-order valence-corrected chi connectivity index (χ1v) is 10.7. The van der Waals surface area contributed by atoms with Crippen molar-refractivity contribution in [3.05, 3.63) is 94.7 Å². The molecule has 0 aliphatic rings. The SMILES string of the molecule is Cc1nc2c(Cc3ccc(C(=O)c4c(C(=O)N(C)C)[nH]c5ccccc45)cc3)nccc2[nH]1. The number of aryl methyl sites for hydroxylation is 1. The van der Waals surface area contributed by atoms with Crippen LogP contribution in [0.1, 0.15) is 43.5 Å². The number of hydrogen-bond acceptors (Lipinski definition) is 4. The summed E-state index contributed by atoms with van der Waals surface area (Å²) in [6.45, 7) is 1.92.